The summed E-state index contributed by atoms with van der Waals surface area (Å²) in [5, 5.41) is 26.9. The summed E-state index contributed by atoms with van der Waals surface area (Å²) in [6.45, 7) is 27.1. The zero-order valence-electron chi connectivity index (χ0n) is 83.6. The maximum absolute atomic E-state index is 15.2. The molecular weight excluding hydrogens is 1940 g/mol. The number of aromatic nitrogens is 17. The van der Waals surface area contributed by atoms with Crippen molar-refractivity contribution in [1.29, 1.82) is 0 Å². The number of alkyl halides is 3. The van der Waals surface area contributed by atoms with Crippen molar-refractivity contribution in [3.8, 4) is 52.2 Å². The van der Waals surface area contributed by atoms with Crippen LogP contribution in [0.1, 0.15) is 99.1 Å². The number of imidazole rings is 1. The highest BCUT2D eigenvalue weighted by molar-refractivity contribution is 6.04. The third kappa shape index (κ3) is 24.8. The van der Waals surface area contributed by atoms with Gasteiger partial charge in [0.2, 0.25) is 23.5 Å². The van der Waals surface area contributed by atoms with Gasteiger partial charge in [0, 0.05) is 229 Å². The number of nitrogens with zero attached hydrogens (tertiary/aromatic N) is 18. The molecule has 0 saturated carbocycles. The predicted octanol–water partition coefficient (Wildman–Crippen LogP) is 16.2. The molecule has 3 aliphatic rings. The van der Waals surface area contributed by atoms with E-state index in [1.807, 2.05) is 69.6 Å². The summed E-state index contributed by atoms with van der Waals surface area (Å²) in [4.78, 5) is 126. The Kier molecular flexibility index (Phi) is 32.4. The van der Waals surface area contributed by atoms with Gasteiger partial charge in [0.15, 0.2) is 69.5 Å². The number of anilines is 8. The largest absolute Gasteiger partial charge is 0.435 e. The average molecular weight is 2050 g/mol. The van der Waals surface area contributed by atoms with E-state index in [-0.39, 0.29) is 109 Å². The molecule has 4 amide bonds. The molecule has 17 aromatic rings. The van der Waals surface area contributed by atoms with Gasteiger partial charge in [-0.25, -0.2) is 77.4 Å². The molecule has 39 nitrogen and oxygen atoms in total. The zero-order valence-corrected chi connectivity index (χ0v) is 83.6. The van der Waals surface area contributed by atoms with E-state index in [0.29, 0.717) is 61.4 Å². The Balaban J connectivity index is 0.000000136. The highest BCUT2D eigenvalue weighted by atomic mass is 19.4. The lowest BCUT2D eigenvalue weighted by Gasteiger charge is -2.33. The number of carbonyl (C=O) groups excluding carboxylic acids is 4. The van der Waals surface area contributed by atoms with Crippen LogP contribution in [0.3, 0.4) is 0 Å². The number of pyridine rings is 3. The van der Waals surface area contributed by atoms with Gasteiger partial charge >= 0.3 is 6.18 Å². The van der Waals surface area contributed by atoms with Crippen LogP contribution in [-0.4, -0.2) is 253 Å². The Hall–Kier alpha value is -17.2. The summed E-state index contributed by atoms with van der Waals surface area (Å²) >= 11 is 0. The average Bonchev–Trinajstić information content (AvgIpc) is 1.70. The van der Waals surface area contributed by atoms with Crippen molar-refractivity contribution in [1.82, 2.24) is 135 Å². The van der Waals surface area contributed by atoms with Crippen LogP contribution < -0.4 is 66.8 Å². The van der Waals surface area contributed by atoms with Crippen LogP contribution >= 0.6 is 0 Å². The van der Waals surface area contributed by atoms with Gasteiger partial charge in [-0.3, -0.25) is 33.9 Å². The van der Waals surface area contributed by atoms with Crippen molar-refractivity contribution in [2.45, 2.75) is 67.4 Å². The number of likely N-dealkylation sites (N-methyl/N-ethyl adjacent to an activating group) is 2. The minimum Gasteiger partial charge on any atom is -0.435 e. The number of rotatable bonds is 28. The molecule has 776 valence electrons. The van der Waals surface area contributed by atoms with Gasteiger partial charge in [-0.05, 0) is 174 Å². The first-order chi connectivity index (χ1) is 72.4. The lowest BCUT2D eigenvalue weighted by molar-refractivity contribution is -0.137. The molecule has 0 radical (unpaired) electrons. The number of benzene rings is 5. The quantitative estimate of drug-likeness (QED) is 0.0203. The number of hydrogen-bond donors (Lipinski definition) is 13. The summed E-state index contributed by atoms with van der Waals surface area (Å²) in [5.41, 5.74) is 8.75. The van der Waals surface area contributed by atoms with Crippen LogP contribution in [0.15, 0.2) is 184 Å². The third-order valence-corrected chi connectivity index (χ3v) is 24.9. The van der Waals surface area contributed by atoms with Gasteiger partial charge in [-0.1, -0.05) is 25.1 Å². The van der Waals surface area contributed by atoms with Gasteiger partial charge in [-0.15, -0.1) is 0 Å². The molecule has 0 bridgehead atoms. The van der Waals surface area contributed by atoms with Crippen LogP contribution in [0.5, 0.6) is 46.5 Å². The molecule has 20 rings (SSSR count). The Morgan fingerprint density at radius 1 is 0.373 bits per heavy atom. The van der Waals surface area contributed by atoms with E-state index < -0.39 is 58.6 Å². The van der Waals surface area contributed by atoms with Gasteiger partial charge in [0.05, 0.1) is 17.6 Å². The van der Waals surface area contributed by atoms with E-state index in [4.69, 9.17) is 18.9 Å². The van der Waals surface area contributed by atoms with E-state index in [1.165, 1.54) is 88.4 Å². The minimum atomic E-state index is -4.65. The number of carbonyl (C=O) groups is 4. The van der Waals surface area contributed by atoms with Crippen molar-refractivity contribution in [2.75, 3.05) is 142 Å². The number of aromatic amines is 4. The van der Waals surface area contributed by atoms with Gasteiger partial charge in [-0.2, -0.15) is 13.2 Å². The Labute approximate surface area is 854 Å². The Morgan fingerprint density at radius 3 is 0.993 bits per heavy atom. The summed E-state index contributed by atoms with van der Waals surface area (Å²) in [6.07, 6.45) is 8.53. The number of fused-ring (bicyclic) bond motifs is 4. The molecule has 3 saturated heterocycles. The molecule has 0 aliphatic carbocycles. The molecule has 15 heterocycles. The van der Waals surface area contributed by atoms with Crippen LogP contribution in [0.4, 0.5) is 77.1 Å². The molecule has 0 spiro atoms. The number of hydrogen-bond acceptors (Lipinski definition) is 30. The van der Waals surface area contributed by atoms with Crippen LogP contribution in [-0.2, 0) is 25.8 Å². The van der Waals surface area contributed by atoms with E-state index in [1.54, 1.807) is 74.8 Å². The van der Waals surface area contributed by atoms with Crippen LogP contribution in [0.2, 0.25) is 0 Å². The standard InChI is InChI=1S/C27H31FN8O2.C26H21F4N7O2.C26H29FN8O2.C25H27FN8O2/c1-4-35-9-11-36(12-10-35)15-18-5-8-22(30-14-18)34-25-23(26(37)29-3)27(32-16-31-25)38-21-7-6-20-19(24(21)28)13-17(2)33-20;1-13-6-18-19(35-13)4-5-20(22(18)27)39-25-21(24(38)31-3)23(32-11-33-25)36-16-7-15(26(28,29)30)8-17(9-16)37-10-14(2)34-12-37;1-16-12-18-19(32-16)5-6-20(23(18)27)37-26-22(25(36)28-2)24(30-15-31-26)33-21-7-4-17(13-29-21)14-35-10-8-34(3)9-11-35;1-15-11-17-18(32-15)4-5-19(22(17)26)36-25-21(24(35)27-2)23(30-14-31-25)33-20-6-3-16(12-29-20)13-34-9-7-28-8-10-34/h5-8,13-14,16,33H,4,9-12,15H2,1-3H3,(H,29,37)(H,30,31,32,34);4-12,35H,1-3H3,(H,31,38)(H,32,33,36);4-7,12-13,15,32H,8-11,14H2,1-3H3,(H,28,36)(H,29,30,31,33);3-6,11-12,14,28,32H,7-10,13H2,1-2H3,(H,27,35)(H,29,30,31,33). The Bertz CT molecular complexity index is 7740. The second kappa shape index (κ2) is 46.7. The predicted molar refractivity (Wildman–Crippen MR) is 551 cm³/mol. The molecule has 0 unspecified atom stereocenters. The van der Waals surface area contributed by atoms with E-state index in [2.05, 4.69) is 166 Å². The second-order valence-electron chi connectivity index (χ2n) is 35.7. The topological polar surface area (TPSA) is 452 Å². The first-order valence-electron chi connectivity index (χ1n) is 48.0. The van der Waals surface area contributed by atoms with Crippen LogP contribution in [0.25, 0.3) is 49.3 Å². The zero-order chi connectivity index (χ0) is 106. The number of amides is 4. The summed E-state index contributed by atoms with van der Waals surface area (Å²) in [6, 6.07) is 34.1. The molecule has 150 heavy (non-hydrogen) atoms. The first kappa shape index (κ1) is 104. The number of piperazine rings is 3. The SMILES string of the molecule is CCN1CCN(Cc2ccc(Nc3ncnc(Oc4ccc5[nH]c(C)cc5c4F)c3C(=O)NC)nc2)CC1.CNC(=O)c1c(Nc2cc(-n3cnc(C)c3)cc(C(F)(F)F)c2)ncnc1Oc1ccc2[nH]c(C)cc2c1F.CNC(=O)c1c(Nc2ccc(CN3CCN(C)CC3)cn2)ncnc1Oc1ccc2[nH]c(C)cc2c1F.CNC(=O)c1c(Nc2ccc(CN3CCNCC3)cn2)ncnc1Oc1ccc2[nH]c(C)cc2c1F. The highest BCUT2D eigenvalue weighted by Gasteiger charge is 2.34. The maximum Gasteiger partial charge on any atom is 0.416 e. The first-order valence-corrected chi connectivity index (χ1v) is 48.0. The van der Waals surface area contributed by atoms with Crippen molar-refractivity contribution in [2.24, 2.45) is 0 Å². The monoisotopic (exact) mass is 2050 g/mol. The van der Waals surface area contributed by atoms with Gasteiger partial charge < -0.3 is 101 Å². The highest BCUT2D eigenvalue weighted by Crippen LogP contribution is 2.42. The smallest absolute Gasteiger partial charge is 0.416 e. The molecule has 13 N–H and O–H groups in total. The van der Waals surface area contributed by atoms with E-state index in [9.17, 15) is 32.3 Å². The summed E-state index contributed by atoms with van der Waals surface area (Å²) in [5.74, 6) is -3.37. The summed E-state index contributed by atoms with van der Waals surface area (Å²) in [7, 11) is 7.95. The van der Waals surface area contributed by atoms with E-state index in [0.717, 1.165) is 163 Å². The number of H-pyrrole nitrogens is 4. The fourth-order valence-corrected chi connectivity index (χ4v) is 17.1. The molecule has 3 fully saturated rings. The van der Waals surface area contributed by atoms with Crippen molar-refractivity contribution in [3.63, 3.8) is 0 Å². The second-order valence-corrected chi connectivity index (χ2v) is 35.7. The fraction of sp³-hybridized carbons (Fsp3) is 0.269. The van der Waals surface area contributed by atoms with Gasteiger partial charge in [0.25, 0.3) is 23.6 Å². The lowest BCUT2D eigenvalue weighted by Crippen LogP contribution is -2.45. The number of aryl methyl sites for hydroxylation is 5. The summed E-state index contributed by atoms with van der Waals surface area (Å²) < 4.78 is 126. The normalized spacial score (nSPS) is 13.7. The Morgan fingerprint density at radius 2 is 0.693 bits per heavy atom. The van der Waals surface area contributed by atoms with Crippen molar-refractivity contribution < 1.29 is 68.9 Å². The molecular formula is C104H108F7N31O8. The fourth-order valence-electron chi connectivity index (χ4n) is 17.1. The molecule has 12 aromatic heterocycles. The molecule has 46 heteroatoms. The molecule has 5 aromatic carbocycles. The molecule has 0 atom stereocenters. The number of ether oxygens (including phenoxy) is 4. The lowest BCUT2D eigenvalue weighted by atomic mass is 10.1. The van der Waals surface area contributed by atoms with Gasteiger partial charge in [0.1, 0.15) is 65.0 Å². The third-order valence-electron chi connectivity index (χ3n) is 24.9. The maximum atomic E-state index is 15.2. The molecule has 3 aliphatic heterocycles. The van der Waals surface area contributed by atoms with Crippen molar-refractivity contribution >= 4 is 114 Å². The van der Waals surface area contributed by atoms with E-state index >= 15 is 17.6 Å². The minimum absolute atomic E-state index is 0.0172. The van der Waals surface area contributed by atoms with Crippen LogP contribution in [0, 0.1) is 57.9 Å². The van der Waals surface area contributed by atoms with Crippen molar-refractivity contribution in [3.05, 3.63) is 280 Å². The number of halogens is 7. The number of nitrogens with one attached hydrogen (secondary N) is 13.